The fraction of sp³-hybridized carbons (Fsp3) is 0.667. The van der Waals surface area contributed by atoms with Crippen LogP contribution in [-0.4, -0.2) is 23.5 Å². The van der Waals surface area contributed by atoms with Gasteiger partial charge >= 0.3 is 0 Å². The zero-order valence-electron chi connectivity index (χ0n) is 11.3. The summed E-state index contributed by atoms with van der Waals surface area (Å²) in [7, 11) is 0. The maximum absolute atomic E-state index is 11.2. The molecule has 1 aromatic rings. The van der Waals surface area contributed by atoms with Crippen LogP contribution < -0.4 is 11.1 Å². The number of hydrogen-bond donors (Lipinski definition) is 2. The molecule has 0 aliphatic heterocycles. The van der Waals surface area contributed by atoms with Crippen LogP contribution in [0.1, 0.15) is 38.4 Å². The Balaban J connectivity index is 0.00000289. The minimum Gasteiger partial charge on any atom is -0.354 e. The summed E-state index contributed by atoms with van der Waals surface area (Å²) in [4.78, 5) is 15.8. The summed E-state index contributed by atoms with van der Waals surface area (Å²) in [5.41, 5.74) is 6.58. The molecule has 18 heavy (non-hydrogen) atoms. The van der Waals surface area contributed by atoms with Crippen LogP contribution in [0.2, 0.25) is 0 Å². The number of thiazole rings is 1. The first-order valence-electron chi connectivity index (χ1n) is 5.79. The van der Waals surface area contributed by atoms with E-state index in [1.165, 1.54) is 0 Å². The van der Waals surface area contributed by atoms with Crippen LogP contribution in [0.5, 0.6) is 0 Å². The molecule has 0 bridgehead atoms. The van der Waals surface area contributed by atoms with Crippen molar-refractivity contribution in [2.24, 2.45) is 5.73 Å². The number of carbonyl (C=O) groups is 1. The summed E-state index contributed by atoms with van der Waals surface area (Å²) < 4.78 is 0. The van der Waals surface area contributed by atoms with E-state index in [9.17, 15) is 4.79 Å². The minimum absolute atomic E-state index is 0. The fourth-order valence-electron chi connectivity index (χ4n) is 1.24. The smallest absolute Gasteiger partial charge is 0.236 e. The van der Waals surface area contributed by atoms with E-state index < -0.39 is 6.04 Å². The average Bonchev–Trinajstić information content (AvgIpc) is 2.65. The van der Waals surface area contributed by atoms with Gasteiger partial charge in [0.25, 0.3) is 0 Å². The molecule has 0 aromatic carbocycles. The van der Waals surface area contributed by atoms with E-state index >= 15 is 0 Å². The van der Waals surface area contributed by atoms with Crippen molar-refractivity contribution in [3.63, 3.8) is 0 Å². The molecule has 6 heteroatoms. The van der Waals surface area contributed by atoms with E-state index in [4.69, 9.17) is 5.73 Å². The predicted molar refractivity (Wildman–Crippen MR) is 78.4 cm³/mol. The zero-order chi connectivity index (χ0) is 13.1. The van der Waals surface area contributed by atoms with Gasteiger partial charge in [0.15, 0.2) is 0 Å². The lowest BCUT2D eigenvalue weighted by Gasteiger charge is -2.13. The highest BCUT2D eigenvalue weighted by molar-refractivity contribution is 7.09. The molecule has 4 nitrogen and oxygen atoms in total. The Bertz CT molecular complexity index is 385. The highest BCUT2D eigenvalue weighted by Crippen LogP contribution is 2.25. The summed E-state index contributed by atoms with van der Waals surface area (Å²) >= 11 is 1.67. The number of aromatic nitrogens is 1. The molecular formula is C12H22ClN3OS. The third-order valence-corrected chi connectivity index (χ3v) is 3.60. The van der Waals surface area contributed by atoms with Gasteiger partial charge in [-0.2, -0.15) is 0 Å². The molecule has 0 fully saturated rings. The topological polar surface area (TPSA) is 68.0 Å². The Morgan fingerprint density at radius 3 is 2.61 bits per heavy atom. The Kier molecular flexibility index (Phi) is 6.81. The molecule has 1 heterocycles. The third-order valence-electron chi connectivity index (χ3n) is 2.29. The Labute approximate surface area is 119 Å². The van der Waals surface area contributed by atoms with Gasteiger partial charge in [-0.05, 0) is 6.92 Å². The second kappa shape index (κ2) is 7.07. The number of halogens is 1. The summed E-state index contributed by atoms with van der Waals surface area (Å²) in [6, 6.07) is -0.449. The largest absolute Gasteiger partial charge is 0.354 e. The number of nitrogens with one attached hydrogen (secondary N) is 1. The van der Waals surface area contributed by atoms with Crippen LogP contribution in [0, 0.1) is 0 Å². The summed E-state index contributed by atoms with van der Waals surface area (Å²) in [5.74, 6) is -0.115. The number of amides is 1. The molecular weight excluding hydrogens is 270 g/mol. The molecule has 1 amide bonds. The van der Waals surface area contributed by atoms with Gasteiger partial charge in [-0.3, -0.25) is 4.79 Å². The van der Waals surface area contributed by atoms with Crippen molar-refractivity contribution in [2.45, 2.75) is 45.6 Å². The first-order valence-corrected chi connectivity index (χ1v) is 6.67. The van der Waals surface area contributed by atoms with Crippen LogP contribution in [0.15, 0.2) is 5.38 Å². The van der Waals surface area contributed by atoms with Gasteiger partial charge < -0.3 is 11.1 Å². The predicted octanol–water partition coefficient (Wildman–Crippen LogP) is 1.87. The van der Waals surface area contributed by atoms with Crippen LogP contribution >= 0.6 is 23.7 Å². The summed E-state index contributed by atoms with van der Waals surface area (Å²) in [5, 5.41) is 5.96. The summed E-state index contributed by atoms with van der Waals surface area (Å²) in [6.07, 6.45) is 0.755. The molecule has 0 aliphatic rings. The van der Waals surface area contributed by atoms with Crippen molar-refractivity contribution in [1.82, 2.24) is 10.3 Å². The number of carbonyl (C=O) groups excluding carboxylic acids is 1. The van der Waals surface area contributed by atoms with Crippen LogP contribution in [0.4, 0.5) is 0 Å². The molecule has 104 valence electrons. The van der Waals surface area contributed by atoms with E-state index in [1.807, 2.05) is 0 Å². The normalized spacial score (nSPS) is 12.7. The second-order valence-electron chi connectivity index (χ2n) is 5.22. The molecule has 1 rings (SSSR count). The van der Waals surface area contributed by atoms with Gasteiger partial charge in [0.1, 0.15) is 0 Å². The molecule has 1 atom stereocenters. The van der Waals surface area contributed by atoms with E-state index in [-0.39, 0.29) is 23.7 Å². The number of rotatable bonds is 4. The molecule has 0 aliphatic carbocycles. The molecule has 0 unspecified atom stereocenters. The Morgan fingerprint density at radius 2 is 2.17 bits per heavy atom. The van der Waals surface area contributed by atoms with Gasteiger partial charge in [-0.15, -0.1) is 23.7 Å². The summed E-state index contributed by atoms with van der Waals surface area (Å²) in [6.45, 7) is 8.71. The lowest BCUT2D eigenvalue weighted by molar-refractivity contribution is -0.121. The first kappa shape index (κ1) is 17.4. The van der Waals surface area contributed by atoms with Crippen molar-refractivity contribution < 1.29 is 4.79 Å². The number of nitrogens with two attached hydrogens (primary N) is 1. The molecule has 0 spiro atoms. The van der Waals surface area contributed by atoms with Crippen molar-refractivity contribution in [1.29, 1.82) is 0 Å². The number of hydrogen-bond acceptors (Lipinski definition) is 4. The van der Waals surface area contributed by atoms with Gasteiger partial charge in [0, 0.05) is 23.8 Å². The van der Waals surface area contributed by atoms with Crippen LogP contribution in [0.3, 0.4) is 0 Å². The Hall–Kier alpha value is -0.650. The van der Waals surface area contributed by atoms with Gasteiger partial charge in [-0.1, -0.05) is 20.8 Å². The van der Waals surface area contributed by atoms with Crippen molar-refractivity contribution in [3.8, 4) is 0 Å². The molecule has 1 aromatic heterocycles. The lowest BCUT2D eigenvalue weighted by atomic mass is 9.98. The van der Waals surface area contributed by atoms with E-state index in [0.717, 1.165) is 17.1 Å². The van der Waals surface area contributed by atoms with E-state index in [0.29, 0.717) is 6.54 Å². The lowest BCUT2D eigenvalue weighted by Crippen LogP contribution is -2.39. The average molecular weight is 292 g/mol. The fourth-order valence-corrected chi connectivity index (χ4v) is 2.18. The van der Waals surface area contributed by atoms with E-state index in [2.05, 4.69) is 36.5 Å². The third kappa shape index (κ3) is 5.33. The molecule has 0 saturated heterocycles. The molecule has 0 radical (unpaired) electrons. The first-order chi connectivity index (χ1) is 7.80. The Morgan fingerprint density at radius 1 is 1.56 bits per heavy atom. The van der Waals surface area contributed by atoms with Crippen molar-refractivity contribution in [2.75, 3.05) is 6.54 Å². The van der Waals surface area contributed by atoms with E-state index in [1.54, 1.807) is 18.3 Å². The molecule has 3 N–H and O–H groups in total. The van der Waals surface area contributed by atoms with Crippen LogP contribution in [0.25, 0.3) is 0 Å². The van der Waals surface area contributed by atoms with Gasteiger partial charge in [0.05, 0.1) is 16.7 Å². The minimum atomic E-state index is -0.449. The van der Waals surface area contributed by atoms with Crippen LogP contribution in [-0.2, 0) is 16.6 Å². The maximum Gasteiger partial charge on any atom is 0.236 e. The van der Waals surface area contributed by atoms with Gasteiger partial charge in [0.2, 0.25) is 5.91 Å². The zero-order valence-corrected chi connectivity index (χ0v) is 13.0. The monoisotopic (exact) mass is 291 g/mol. The number of nitrogens with zero attached hydrogens (tertiary/aromatic N) is 1. The maximum atomic E-state index is 11.2. The van der Waals surface area contributed by atoms with Gasteiger partial charge in [-0.25, -0.2) is 4.98 Å². The SMILES string of the molecule is C[C@@H](N)C(=O)NCCc1csc(C(C)(C)C)n1.Cl. The quantitative estimate of drug-likeness (QED) is 0.890. The highest BCUT2D eigenvalue weighted by Gasteiger charge is 2.17. The highest BCUT2D eigenvalue weighted by atomic mass is 35.5. The second-order valence-corrected chi connectivity index (χ2v) is 6.08. The standard InChI is InChI=1S/C12H21N3OS.ClH/c1-8(13)10(16)14-6-5-9-7-17-11(15-9)12(2,3)4;/h7-8H,5-6,13H2,1-4H3,(H,14,16);1H/t8-;/m1./s1. The van der Waals surface area contributed by atoms with Crippen molar-refractivity contribution in [3.05, 3.63) is 16.1 Å². The van der Waals surface area contributed by atoms with Crippen molar-refractivity contribution >= 4 is 29.7 Å². The molecule has 0 saturated carbocycles.